The molecule has 3 heteroatoms. The van der Waals surface area contributed by atoms with Crippen LogP contribution in [0, 0.1) is 0 Å². The topological polar surface area (TPSA) is 0 Å². The van der Waals surface area contributed by atoms with Crippen molar-refractivity contribution >= 4 is 37.6 Å². The van der Waals surface area contributed by atoms with E-state index in [0.717, 1.165) is 0 Å². The largest absolute Gasteiger partial charge is 0.166 e. The van der Waals surface area contributed by atoms with E-state index >= 15 is 0 Å². The van der Waals surface area contributed by atoms with E-state index in [2.05, 4.69) is 89.4 Å². The Hall–Kier alpha value is 0.119. The van der Waals surface area contributed by atoms with Crippen molar-refractivity contribution in [3.8, 4) is 0 Å². The average Bonchev–Trinajstić information content (AvgIpc) is 2.31. The maximum absolute atomic E-state index is 2.62. The van der Waals surface area contributed by atoms with Crippen LogP contribution in [0.4, 0.5) is 0 Å². The summed E-state index contributed by atoms with van der Waals surface area (Å²) in [5, 5.41) is 2.91. The summed E-state index contributed by atoms with van der Waals surface area (Å²) in [5.74, 6) is 0. The van der Waals surface area contributed by atoms with Crippen molar-refractivity contribution in [3.63, 3.8) is 0 Å². The molecule has 0 atom stereocenters. The Balaban J connectivity index is 0.00000128. The molecular formula is C13H13CuIP+. The van der Waals surface area contributed by atoms with Crippen LogP contribution in [-0.4, -0.2) is 6.66 Å². The van der Waals surface area contributed by atoms with Crippen molar-refractivity contribution in [2.24, 2.45) is 0 Å². The molecule has 2 aromatic rings. The standard InChI is InChI=1S/C13H13IP.Cu/c1-15(14,12-8-4-2-5-9-12)13-10-6-3-7-11-13;/h2-11H,1H3;/q+1;. The monoisotopic (exact) mass is 390 g/mol. The van der Waals surface area contributed by atoms with E-state index in [1.807, 2.05) is 0 Å². The van der Waals surface area contributed by atoms with Gasteiger partial charge < -0.3 is 0 Å². The van der Waals surface area contributed by atoms with E-state index in [1.54, 1.807) is 0 Å². The number of rotatable bonds is 2. The van der Waals surface area contributed by atoms with Crippen molar-refractivity contribution < 1.29 is 17.1 Å². The van der Waals surface area contributed by atoms with Gasteiger partial charge in [-0.1, -0.05) is 36.4 Å². The molecule has 0 saturated heterocycles. The summed E-state index contributed by atoms with van der Waals surface area (Å²) >= 11 is 2.62. The molecule has 0 amide bonds. The Labute approximate surface area is 121 Å². The molecular weight excluding hydrogens is 378 g/mol. The molecule has 0 bridgehead atoms. The summed E-state index contributed by atoms with van der Waals surface area (Å²) in [6, 6.07) is 21.5. The molecule has 0 N–H and O–H groups in total. The molecule has 1 radical (unpaired) electrons. The van der Waals surface area contributed by atoms with E-state index in [9.17, 15) is 0 Å². The first-order valence-electron chi connectivity index (χ1n) is 4.88. The molecule has 2 rings (SSSR count). The molecule has 0 aliphatic carbocycles. The number of halogens is 1. The van der Waals surface area contributed by atoms with Crippen molar-refractivity contribution in [1.29, 1.82) is 0 Å². The molecule has 0 saturated carbocycles. The second-order valence-corrected chi connectivity index (χ2v) is 12.2. The number of hydrogen-bond donors (Lipinski definition) is 0. The minimum atomic E-state index is -1.18. The molecule has 16 heavy (non-hydrogen) atoms. The first-order valence-corrected chi connectivity index (χ1v) is 9.91. The van der Waals surface area contributed by atoms with Crippen LogP contribution in [0.5, 0.6) is 0 Å². The molecule has 0 aromatic heterocycles. The third-order valence-electron chi connectivity index (χ3n) is 2.48. The zero-order valence-electron chi connectivity index (χ0n) is 8.90. The van der Waals surface area contributed by atoms with E-state index in [4.69, 9.17) is 0 Å². The molecule has 0 aliphatic rings. The predicted molar refractivity (Wildman–Crippen MR) is 79.0 cm³/mol. The maximum Gasteiger partial charge on any atom is 0.166 e. The van der Waals surface area contributed by atoms with Crippen LogP contribution >= 0.6 is 26.9 Å². The van der Waals surface area contributed by atoms with Gasteiger partial charge in [-0.05, 0) is 24.3 Å². The van der Waals surface area contributed by atoms with Gasteiger partial charge in [-0.3, -0.25) is 0 Å². The van der Waals surface area contributed by atoms with Crippen LogP contribution in [0.15, 0.2) is 60.7 Å². The van der Waals surface area contributed by atoms with Crippen LogP contribution in [0.25, 0.3) is 0 Å². The maximum atomic E-state index is 2.62. The third kappa shape index (κ3) is 3.07. The van der Waals surface area contributed by atoms with Gasteiger partial charge in [0.15, 0.2) is 22.0 Å². The molecule has 0 fully saturated rings. The van der Waals surface area contributed by atoms with Gasteiger partial charge in [-0.15, -0.1) is 0 Å². The van der Waals surface area contributed by atoms with Gasteiger partial charge in [-0.2, -0.15) is 0 Å². The van der Waals surface area contributed by atoms with Crippen LogP contribution in [0.1, 0.15) is 0 Å². The normalized spacial score (nSPS) is 10.6. The smallest absolute Gasteiger partial charge is 0.0620 e. The molecule has 0 nitrogen and oxygen atoms in total. The van der Waals surface area contributed by atoms with Crippen LogP contribution in [0.2, 0.25) is 0 Å². The van der Waals surface area contributed by atoms with Crippen molar-refractivity contribution in [3.05, 3.63) is 60.7 Å². The fourth-order valence-electron chi connectivity index (χ4n) is 1.56. The van der Waals surface area contributed by atoms with Gasteiger partial charge in [0.1, 0.15) is 15.5 Å². The Bertz CT molecular complexity index is 387. The third-order valence-corrected chi connectivity index (χ3v) is 8.36. The molecule has 87 valence electrons. The summed E-state index contributed by atoms with van der Waals surface area (Å²) in [4.78, 5) is -1.18. The van der Waals surface area contributed by atoms with Crippen LogP contribution < -0.4 is 10.6 Å². The Morgan fingerprint density at radius 1 is 0.750 bits per heavy atom. The summed E-state index contributed by atoms with van der Waals surface area (Å²) in [6.45, 7) is 2.36. The fraction of sp³-hybridized carbons (Fsp3) is 0.0769. The average molecular weight is 391 g/mol. The second-order valence-electron chi connectivity index (χ2n) is 3.57. The van der Waals surface area contributed by atoms with E-state index in [1.165, 1.54) is 10.6 Å². The van der Waals surface area contributed by atoms with Gasteiger partial charge in [0.05, 0.1) is 6.66 Å². The van der Waals surface area contributed by atoms with Crippen molar-refractivity contribution in [2.45, 2.75) is 0 Å². The summed E-state index contributed by atoms with van der Waals surface area (Å²) < 4.78 is 0. The van der Waals surface area contributed by atoms with Crippen LogP contribution in [0.3, 0.4) is 0 Å². The first kappa shape index (κ1) is 14.2. The van der Waals surface area contributed by atoms with E-state index in [-0.39, 0.29) is 17.1 Å². The van der Waals surface area contributed by atoms with Gasteiger partial charge in [-0.25, -0.2) is 0 Å². The van der Waals surface area contributed by atoms with Gasteiger partial charge >= 0.3 is 0 Å². The summed E-state index contributed by atoms with van der Waals surface area (Å²) in [7, 11) is 0. The Kier molecular flexibility index (Phi) is 5.46. The number of benzene rings is 2. The first-order chi connectivity index (χ1) is 7.21. The second kappa shape index (κ2) is 6.16. The summed E-state index contributed by atoms with van der Waals surface area (Å²) in [5.41, 5.74) is 0. The molecule has 0 aliphatic heterocycles. The van der Waals surface area contributed by atoms with Gasteiger partial charge in [0.2, 0.25) is 0 Å². The fourth-order valence-corrected chi connectivity index (χ4v) is 5.26. The predicted octanol–water partition coefficient (Wildman–Crippen LogP) is 3.63. The number of hydrogen-bond acceptors (Lipinski definition) is 0. The molecule has 0 unspecified atom stereocenters. The van der Waals surface area contributed by atoms with Crippen molar-refractivity contribution in [2.75, 3.05) is 6.66 Å². The molecule has 2 aromatic carbocycles. The minimum Gasteiger partial charge on any atom is -0.0620 e. The van der Waals surface area contributed by atoms with Gasteiger partial charge in [0.25, 0.3) is 0 Å². The zero-order chi connectivity index (χ0) is 10.7. The van der Waals surface area contributed by atoms with Crippen LogP contribution in [-0.2, 0) is 17.1 Å². The Morgan fingerprint density at radius 3 is 1.38 bits per heavy atom. The van der Waals surface area contributed by atoms with E-state index < -0.39 is 4.90 Å². The summed E-state index contributed by atoms with van der Waals surface area (Å²) in [6.07, 6.45) is 0. The van der Waals surface area contributed by atoms with Crippen molar-refractivity contribution in [1.82, 2.24) is 0 Å². The minimum absolute atomic E-state index is 0. The van der Waals surface area contributed by atoms with E-state index in [0.29, 0.717) is 0 Å². The van der Waals surface area contributed by atoms with Gasteiger partial charge in [0, 0.05) is 17.1 Å². The Morgan fingerprint density at radius 2 is 1.06 bits per heavy atom. The quantitative estimate of drug-likeness (QED) is 0.417. The molecule has 0 spiro atoms. The zero-order valence-corrected chi connectivity index (χ0v) is 12.9. The SMILES string of the molecule is C[P+](I)(c1ccccc1)c1ccccc1.[Cu]. The molecule has 0 heterocycles.